The molecule has 0 radical (unpaired) electrons. The van der Waals surface area contributed by atoms with Crippen LogP contribution in [0.4, 0.5) is 32.0 Å². The van der Waals surface area contributed by atoms with E-state index in [1.165, 1.54) is 6.07 Å². The quantitative estimate of drug-likeness (QED) is 0.406. The number of rotatable bonds is 4. The molecule has 1 atom stereocenters. The van der Waals surface area contributed by atoms with Crippen LogP contribution in [0.2, 0.25) is 5.02 Å². The second-order valence-electron chi connectivity index (χ2n) is 6.67. The molecule has 1 unspecified atom stereocenters. The molecule has 0 saturated carbocycles. The van der Waals surface area contributed by atoms with Crippen molar-refractivity contribution >= 4 is 23.1 Å². The number of hydrogen-bond donors (Lipinski definition) is 1. The summed E-state index contributed by atoms with van der Waals surface area (Å²) in [6.07, 6.45) is -4.46. The van der Waals surface area contributed by atoms with Crippen molar-refractivity contribution < 1.29 is 26.3 Å². The summed E-state index contributed by atoms with van der Waals surface area (Å²) in [5.41, 5.74) is 5.00. The lowest BCUT2D eigenvalue weighted by atomic mass is 9.93. The molecule has 0 aliphatic heterocycles. The van der Waals surface area contributed by atoms with E-state index in [2.05, 4.69) is 0 Å². The molecular weight excluding hydrogens is 404 g/mol. The Morgan fingerprint density at radius 2 is 1.68 bits per heavy atom. The molecule has 2 N–H and O–H groups in total. The summed E-state index contributed by atoms with van der Waals surface area (Å²) in [6, 6.07) is 5.24. The zero-order valence-electron chi connectivity index (χ0n) is 15.3. The summed E-state index contributed by atoms with van der Waals surface area (Å²) in [5, 5.41) is 0.124. The predicted molar refractivity (Wildman–Crippen MR) is 99.2 cm³/mol. The fourth-order valence-corrected chi connectivity index (χ4v) is 3.00. The summed E-state index contributed by atoms with van der Waals surface area (Å²) in [5.74, 6) is -6.96. The average Bonchev–Trinajstić information content (AvgIpc) is 2.55. The number of halogens is 7. The van der Waals surface area contributed by atoms with Crippen LogP contribution < -0.4 is 5.73 Å². The molecule has 0 heterocycles. The van der Waals surface area contributed by atoms with Gasteiger partial charge in [0.1, 0.15) is 11.7 Å². The van der Waals surface area contributed by atoms with Crippen molar-refractivity contribution in [1.82, 2.24) is 0 Å². The molecule has 152 valence electrons. The third kappa shape index (κ3) is 4.82. The standard InChI is InChI=1S/C20H18ClF6N/c1-10-6-13(8-16(21)11(10)2)14(20(25,26)27)9-17(22)12-4-5-18(28)15(7-12)19(3,23)24/h4-9,14H,28H2,1-3H3/b17-9-. The van der Waals surface area contributed by atoms with Crippen molar-refractivity contribution in [3.8, 4) is 0 Å². The fourth-order valence-electron chi connectivity index (χ4n) is 2.73. The van der Waals surface area contributed by atoms with Gasteiger partial charge in [-0.1, -0.05) is 17.7 Å². The van der Waals surface area contributed by atoms with Crippen LogP contribution in [0.25, 0.3) is 5.83 Å². The number of nitrogens with two attached hydrogens (primary N) is 1. The molecule has 28 heavy (non-hydrogen) atoms. The molecule has 2 aromatic rings. The van der Waals surface area contributed by atoms with E-state index in [-0.39, 0.29) is 16.3 Å². The van der Waals surface area contributed by atoms with Crippen molar-refractivity contribution in [3.63, 3.8) is 0 Å². The molecule has 0 spiro atoms. The van der Waals surface area contributed by atoms with Gasteiger partial charge >= 0.3 is 6.18 Å². The molecule has 1 nitrogen and oxygen atoms in total. The number of anilines is 1. The van der Waals surface area contributed by atoms with Crippen LogP contribution in [0.3, 0.4) is 0 Å². The molecule has 0 aliphatic carbocycles. The molecule has 0 fully saturated rings. The van der Waals surface area contributed by atoms with E-state index < -0.39 is 35.0 Å². The lowest BCUT2D eigenvalue weighted by molar-refractivity contribution is -0.139. The summed E-state index contributed by atoms with van der Waals surface area (Å²) in [4.78, 5) is 0. The topological polar surface area (TPSA) is 26.0 Å². The zero-order chi connectivity index (χ0) is 21.4. The maximum atomic E-state index is 14.6. The largest absolute Gasteiger partial charge is 0.399 e. The van der Waals surface area contributed by atoms with Crippen molar-refractivity contribution in [2.75, 3.05) is 5.73 Å². The maximum Gasteiger partial charge on any atom is 0.399 e. The van der Waals surface area contributed by atoms with Gasteiger partial charge < -0.3 is 5.73 Å². The number of alkyl halides is 5. The summed E-state index contributed by atoms with van der Waals surface area (Å²) in [7, 11) is 0. The normalized spacial score (nSPS) is 14.3. The highest BCUT2D eigenvalue weighted by Gasteiger charge is 2.40. The molecule has 2 aromatic carbocycles. The van der Waals surface area contributed by atoms with Crippen LogP contribution in [0, 0.1) is 13.8 Å². The van der Waals surface area contributed by atoms with Gasteiger partial charge in [-0.05, 0) is 60.9 Å². The van der Waals surface area contributed by atoms with Gasteiger partial charge in [0.2, 0.25) is 0 Å². The average molecular weight is 422 g/mol. The Balaban J connectivity index is 2.57. The number of benzene rings is 2. The van der Waals surface area contributed by atoms with Crippen LogP contribution in [-0.2, 0) is 5.92 Å². The number of aryl methyl sites for hydroxylation is 1. The highest BCUT2D eigenvalue weighted by atomic mass is 35.5. The van der Waals surface area contributed by atoms with Crippen molar-refractivity contribution in [2.24, 2.45) is 0 Å². The minimum atomic E-state index is -4.81. The van der Waals surface area contributed by atoms with Crippen LogP contribution >= 0.6 is 11.6 Å². The fraction of sp³-hybridized carbons (Fsp3) is 0.300. The predicted octanol–water partition coefficient (Wildman–Crippen LogP) is 7.31. The highest BCUT2D eigenvalue weighted by molar-refractivity contribution is 6.31. The van der Waals surface area contributed by atoms with Crippen molar-refractivity contribution in [3.05, 3.63) is 69.2 Å². The first-order valence-electron chi connectivity index (χ1n) is 8.20. The van der Waals surface area contributed by atoms with Gasteiger partial charge in [-0.3, -0.25) is 0 Å². The van der Waals surface area contributed by atoms with Gasteiger partial charge in [0.25, 0.3) is 5.92 Å². The molecule has 8 heteroatoms. The van der Waals surface area contributed by atoms with Crippen LogP contribution in [0.1, 0.15) is 40.7 Å². The second-order valence-corrected chi connectivity index (χ2v) is 7.08. The number of allylic oxidation sites excluding steroid dienone is 1. The van der Waals surface area contributed by atoms with Crippen LogP contribution in [-0.4, -0.2) is 6.18 Å². The summed E-state index contributed by atoms with van der Waals surface area (Å²) in [6.45, 7) is 3.81. The highest BCUT2D eigenvalue weighted by Crippen LogP contribution is 2.41. The molecule has 0 amide bonds. The Morgan fingerprint density at radius 3 is 2.18 bits per heavy atom. The monoisotopic (exact) mass is 421 g/mol. The van der Waals surface area contributed by atoms with Crippen LogP contribution in [0.5, 0.6) is 0 Å². The molecule has 0 aliphatic rings. The van der Waals surface area contributed by atoms with Gasteiger partial charge in [0, 0.05) is 28.8 Å². The zero-order valence-corrected chi connectivity index (χ0v) is 16.0. The maximum absolute atomic E-state index is 14.6. The van der Waals surface area contributed by atoms with Crippen molar-refractivity contribution in [1.29, 1.82) is 0 Å². The van der Waals surface area contributed by atoms with E-state index >= 15 is 0 Å². The van der Waals surface area contributed by atoms with E-state index in [0.717, 1.165) is 24.3 Å². The van der Waals surface area contributed by atoms with E-state index in [4.69, 9.17) is 17.3 Å². The first kappa shape index (κ1) is 22.1. The number of nitrogen functional groups attached to an aromatic ring is 1. The first-order valence-corrected chi connectivity index (χ1v) is 8.58. The van der Waals surface area contributed by atoms with Gasteiger partial charge in [-0.2, -0.15) is 13.2 Å². The van der Waals surface area contributed by atoms with E-state index in [9.17, 15) is 26.3 Å². The molecular formula is C20H18ClF6N. The first-order chi connectivity index (χ1) is 12.7. The lowest BCUT2D eigenvalue weighted by Gasteiger charge is -2.20. The molecule has 0 bridgehead atoms. The van der Waals surface area contributed by atoms with Gasteiger partial charge in [-0.25, -0.2) is 13.2 Å². The minimum absolute atomic E-state index is 0.124. The van der Waals surface area contributed by atoms with Gasteiger partial charge in [0.05, 0.1) is 0 Å². The Morgan fingerprint density at radius 1 is 1.07 bits per heavy atom. The van der Waals surface area contributed by atoms with Crippen molar-refractivity contribution in [2.45, 2.75) is 38.8 Å². The summed E-state index contributed by atoms with van der Waals surface area (Å²) < 4.78 is 82.5. The Kier molecular flexibility index (Phi) is 6.09. The third-order valence-electron chi connectivity index (χ3n) is 4.45. The SMILES string of the molecule is Cc1cc(C(/C=C(\F)c2ccc(N)c(C(C)(F)F)c2)C(F)(F)F)cc(Cl)c1C. The van der Waals surface area contributed by atoms with Crippen LogP contribution in [0.15, 0.2) is 36.4 Å². The second kappa shape index (κ2) is 7.70. The smallest absolute Gasteiger partial charge is 0.398 e. The number of hydrogen-bond acceptors (Lipinski definition) is 1. The third-order valence-corrected chi connectivity index (χ3v) is 4.85. The Hall–Kier alpha value is -2.15. The van der Waals surface area contributed by atoms with E-state index in [0.29, 0.717) is 24.1 Å². The lowest BCUT2D eigenvalue weighted by Crippen LogP contribution is -2.19. The summed E-state index contributed by atoms with van der Waals surface area (Å²) >= 11 is 5.98. The van der Waals surface area contributed by atoms with Gasteiger partial charge in [-0.15, -0.1) is 0 Å². The molecule has 0 saturated heterocycles. The molecule has 0 aromatic heterocycles. The van der Waals surface area contributed by atoms with E-state index in [1.54, 1.807) is 13.8 Å². The minimum Gasteiger partial charge on any atom is -0.398 e. The molecule has 2 rings (SSSR count). The Labute approximate surface area is 163 Å². The van der Waals surface area contributed by atoms with Gasteiger partial charge in [0.15, 0.2) is 0 Å². The Bertz CT molecular complexity index is 889. The van der Waals surface area contributed by atoms with E-state index in [1.807, 2.05) is 0 Å².